The van der Waals surface area contributed by atoms with Crippen LogP contribution in [0.25, 0.3) is 0 Å². The van der Waals surface area contributed by atoms with E-state index in [9.17, 15) is 19.0 Å². The fraction of sp³-hybridized carbons (Fsp3) is 0.852. The smallest absolute Gasteiger partial charge is 0.249 e. The van der Waals surface area contributed by atoms with Crippen molar-refractivity contribution >= 4 is 0 Å². The number of aliphatic hydroxyl groups is 2. The van der Waals surface area contributed by atoms with Crippen LogP contribution in [0.2, 0.25) is 0 Å². The molecule has 0 bridgehead atoms. The summed E-state index contributed by atoms with van der Waals surface area (Å²) in [6.07, 6.45) is 12.2. The lowest BCUT2D eigenvalue weighted by atomic mass is 9.61. The van der Waals surface area contributed by atoms with E-state index in [1.807, 2.05) is 0 Å². The van der Waals surface area contributed by atoms with Gasteiger partial charge >= 0.3 is 0 Å². The normalized spacial score (nSPS) is 41.2. The second-order valence-electron chi connectivity index (χ2n) is 11.8. The Morgan fingerprint density at radius 2 is 1.88 bits per heavy atom. The Hall–Kier alpha value is -0.780. The number of alkyl halides is 2. The molecule has 4 rings (SSSR count). The Kier molecular flexibility index (Phi) is 7.20. The molecule has 0 spiro atoms. The van der Waals surface area contributed by atoms with E-state index in [2.05, 4.69) is 30.9 Å². The van der Waals surface area contributed by atoms with Gasteiger partial charge in [-0.05, 0) is 94.4 Å². The molecule has 1 aliphatic heterocycles. The van der Waals surface area contributed by atoms with Gasteiger partial charge in [-0.3, -0.25) is 0 Å². The summed E-state index contributed by atoms with van der Waals surface area (Å²) in [5.41, 5.74) is 3.00. The highest BCUT2D eigenvalue weighted by Crippen LogP contribution is 2.59. The molecule has 1 heterocycles. The van der Waals surface area contributed by atoms with Crippen molar-refractivity contribution in [2.75, 3.05) is 19.6 Å². The van der Waals surface area contributed by atoms with E-state index in [0.717, 1.165) is 32.0 Å². The zero-order valence-corrected chi connectivity index (χ0v) is 20.2. The molecule has 7 atom stereocenters. The lowest BCUT2D eigenvalue weighted by Gasteiger charge is -2.45. The molecular weight excluding hydrogens is 408 g/mol. The Morgan fingerprint density at radius 1 is 1.16 bits per heavy atom. The van der Waals surface area contributed by atoms with Gasteiger partial charge in [-0.25, -0.2) is 8.78 Å². The van der Waals surface area contributed by atoms with Crippen LogP contribution < -0.4 is 0 Å². The highest BCUT2D eigenvalue weighted by Gasteiger charge is 2.51. The summed E-state index contributed by atoms with van der Waals surface area (Å²) >= 11 is 0. The van der Waals surface area contributed by atoms with Crippen LogP contribution in [0.5, 0.6) is 0 Å². The molecule has 2 N–H and O–H groups in total. The number of rotatable bonds is 5. The van der Waals surface area contributed by atoms with Gasteiger partial charge in [-0.1, -0.05) is 37.1 Å². The topological polar surface area (TPSA) is 43.7 Å². The first-order chi connectivity index (χ1) is 15.1. The Balaban J connectivity index is 1.41. The van der Waals surface area contributed by atoms with Crippen LogP contribution in [-0.2, 0) is 0 Å². The number of hydrogen-bond acceptors (Lipinski definition) is 3. The molecule has 182 valence electrons. The molecule has 4 aliphatic rings. The van der Waals surface area contributed by atoms with Gasteiger partial charge in [0.05, 0.1) is 12.2 Å². The maximum Gasteiger partial charge on any atom is 0.249 e. The highest BCUT2D eigenvalue weighted by atomic mass is 19.3. The van der Waals surface area contributed by atoms with Crippen LogP contribution in [0.4, 0.5) is 8.78 Å². The van der Waals surface area contributed by atoms with Crippen molar-refractivity contribution in [1.82, 2.24) is 4.90 Å². The van der Waals surface area contributed by atoms with Crippen molar-refractivity contribution in [3.8, 4) is 0 Å². The third-order valence-electron chi connectivity index (χ3n) is 9.33. The van der Waals surface area contributed by atoms with E-state index in [4.69, 9.17) is 0 Å². The number of hydrogen-bond donors (Lipinski definition) is 2. The summed E-state index contributed by atoms with van der Waals surface area (Å²) < 4.78 is 27.5. The molecular formula is C27H43F2NO2. The molecule has 32 heavy (non-hydrogen) atoms. The van der Waals surface area contributed by atoms with Crippen molar-refractivity contribution in [3.63, 3.8) is 0 Å². The Labute approximate surface area is 193 Å². The zero-order chi connectivity index (χ0) is 23.1. The summed E-state index contributed by atoms with van der Waals surface area (Å²) in [6, 6.07) is 0. The maximum absolute atomic E-state index is 13.7. The van der Waals surface area contributed by atoms with Crippen LogP contribution in [0.15, 0.2) is 23.3 Å². The molecule has 0 aromatic rings. The minimum Gasteiger partial charge on any atom is -0.393 e. The molecule has 0 aromatic carbocycles. The molecule has 0 aromatic heterocycles. The molecule has 0 radical (unpaired) electrons. The molecule has 1 saturated heterocycles. The summed E-state index contributed by atoms with van der Waals surface area (Å²) in [6.45, 7) is 8.19. The second kappa shape index (κ2) is 9.46. The third kappa shape index (κ3) is 5.15. The average Bonchev–Trinajstić information content (AvgIpc) is 3.29. The van der Waals surface area contributed by atoms with Crippen molar-refractivity contribution in [1.29, 1.82) is 0 Å². The first-order valence-corrected chi connectivity index (χ1v) is 12.9. The van der Waals surface area contributed by atoms with Crippen LogP contribution in [0, 0.1) is 29.1 Å². The molecule has 3 aliphatic carbocycles. The predicted molar refractivity (Wildman–Crippen MR) is 125 cm³/mol. The number of nitrogens with zero attached hydrogens (tertiary/aromatic N) is 1. The number of allylic oxidation sites excluding steroid dienone is 3. The summed E-state index contributed by atoms with van der Waals surface area (Å²) in [4.78, 5) is 2.28. The molecule has 0 amide bonds. The van der Waals surface area contributed by atoms with E-state index in [1.54, 1.807) is 5.57 Å². The Morgan fingerprint density at radius 3 is 2.53 bits per heavy atom. The van der Waals surface area contributed by atoms with Crippen LogP contribution >= 0.6 is 0 Å². The van der Waals surface area contributed by atoms with E-state index in [-0.39, 0.29) is 0 Å². The van der Waals surface area contributed by atoms with Crippen molar-refractivity contribution in [3.05, 3.63) is 23.3 Å². The number of aliphatic hydroxyl groups excluding tert-OH is 2. The van der Waals surface area contributed by atoms with Crippen molar-refractivity contribution in [2.45, 2.75) is 96.7 Å². The van der Waals surface area contributed by atoms with E-state index in [1.165, 1.54) is 25.7 Å². The van der Waals surface area contributed by atoms with Gasteiger partial charge in [-0.15, -0.1) is 0 Å². The molecule has 3 saturated carbocycles. The van der Waals surface area contributed by atoms with Gasteiger partial charge < -0.3 is 15.1 Å². The third-order valence-corrected chi connectivity index (χ3v) is 9.33. The van der Waals surface area contributed by atoms with Crippen molar-refractivity contribution in [2.24, 2.45) is 29.1 Å². The zero-order valence-electron chi connectivity index (χ0n) is 20.2. The van der Waals surface area contributed by atoms with E-state index >= 15 is 0 Å². The maximum atomic E-state index is 13.7. The predicted octanol–water partition coefficient (Wildman–Crippen LogP) is 5.57. The van der Waals surface area contributed by atoms with Gasteiger partial charge in [-0.2, -0.15) is 0 Å². The fourth-order valence-electron chi connectivity index (χ4n) is 7.69. The lowest BCUT2D eigenvalue weighted by molar-refractivity contribution is -0.0360. The number of fused-ring (bicyclic) bond motifs is 1. The lowest BCUT2D eigenvalue weighted by Crippen LogP contribution is -2.40. The fourth-order valence-corrected chi connectivity index (χ4v) is 7.69. The first kappa shape index (κ1) is 24.3. The molecule has 3 nitrogen and oxygen atoms in total. The average molecular weight is 452 g/mol. The molecule has 0 unspecified atom stereocenters. The second-order valence-corrected chi connectivity index (χ2v) is 11.8. The van der Waals surface area contributed by atoms with Crippen LogP contribution in [-0.4, -0.2) is 52.9 Å². The van der Waals surface area contributed by atoms with Gasteiger partial charge in [0.25, 0.3) is 0 Å². The van der Waals surface area contributed by atoms with E-state index < -0.39 is 24.0 Å². The van der Waals surface area contributed by atoms with Crippen LogP contribution in [0.3, 0.4) is 0 Å². The monoisotopic (exact) mass is 451 g/mol. The minimum absolute atomic E-state index is 0.293. The minimum atomic E-state index is -2.57. The number of likely N-dealkylation sites (tertiary alicyclic amines) is 1. The highest BCUT2D eigenvalue weighted by molar-refractivity contribution is 5.26. The van der Waals surface area contributed by atoms with Gasteiger partial charge in [0.2, 0.25) is 5.92 Å². The van der Waals surface area contributed by atoms with Crippen LogP contribution in [0.1, 0.15) is 78.6 Å². The van der Waals surface area contributed by atoms with Gasteiger partial charge in [0.15, 0.2) is 0 Å². The summed E-state index contributed by atoms with van der Waals surface area (Å²) in [5, 5.41) is 20.0. The number of halogens is 2. The van der Waals surface area contributed by atoms with Crippen molar-refractivity contribution < 1.29 is 19.0 Å². The standard InChI is InChI=1S/C27H43F2NO2/c1-18(16-30-12-10-21(17-30)27(3,28)29)24-8-9-25-20(5-4-11-26(24,25)2)7-6-19-13-22(31)15-23(32)14-19/h6-7,18,21-25,31-32H,4-5,8-17H2,1-3H3/b20-7+/t18-,21+,22+,23+,24+,25-,26+/m0/s1. The summed E-state index contributed by atoms with van der Waals surface area (Å²) in [7, 11) is 0. The van der Waals surface area contributed by atoms with Gasteiger partial charge in [0, 0.05) is 19.0 Å². The molecule has 4 fully saturated rings. The SMILES string of the molecule is C[C@@H](CN1CC[C@@H](C(C)(F)F)C1)[C@H]1CC[C@H]2/C(=C/C=C3C[C@@H](O)C[C@H](O)C3)CCC[C@]12C. The van der Waals surface area contributed by atoms with Gasteiger partial charge in [0.1, 0.15) is 0 Å². The summed E-state index contributed by atoms with van der Waals surface area (Å²) in [5.74, 6) is -1.29. The largest absolute Gasteiger partial charge is 0.393 e. The quantitative estimate of drug-likeness (QED) is 0.574. The first-order valence-electron chi connectivity index (χ1n) is 12.9. The Bertz CT molecular complexity index is 718. The molecule has 5 heteroatoms. The van der Waals surface area contributed by atoms with E-state index in [0.29, 0.717) is 55.4 Å².